The van der Waals surface area contributed by atoms with Gasteiger partial charge in [-0.1, -0.05) is 28.1 Å². The second-order valence-electron chi connectivity index (χ2n) is 4.93. The van der Waals surface area contributed by atoms with E-state index in [1.54, 1.807) is 0 Å². The molecule has 0 aliphatic carbocycles. The lowest BCUT2D eigenvalue weighted by atomic mass is 10.0. The molecular formula is C15H20BrN. The van der Waals surface area contributed by atoms with E-state index in [4.69, 9.17) is 0 Å². The fraction of sp³-hybridized carbons (Fsp3) is 0.467. The molecule has 1 saturated heterocycles. The maximum Gasteiger partial charge on any atom is 0.0230 e. The number of halogens is 1. The smallest absolute Gasteiger partial charge is 0.0230 e. The van der Waals surface area contributed by atoms with Crippen molar-refractivity contribution < 1.29 is 0 Å². The van der Waals surface area contributed by atoms with E-state index in [1.165, 1.54) is 37.1 Å². The highest BCUT2D eigenvalue weighted by Gasteiger charge is 2.16. The SMILES string of the molecule is CC(C)N1CCCCC1=Cc1ccc(Br)cc1. The molecule has 1 aliphatic rings. The van der Waals surface area contributed by atoms with Crippen molar-refractivity contribution in [1.29, 1.82) is 0 Å². The van der Waals surface area contributed by atoms with Crippen molar-refractivity contribution in [3.8, 4) is 0 Å². The summed E-state index contributed by atoms with van der Waals surface area (Å²) < 4.78 is 1.14. The molecule has 0 atom stereocenters. The molecule has 17 heavy (non-hydrogen) atoms. The number of hydrogen-bond donors (Lipinski definition) is 0. The monoisotopic (exact) mass is 293 g/mol. The van der Waals surface area contributed by atoms with E-state index < -0.39 is 0 Å². The molecule has 0 bridgehead atoms. The third-order valence-electron chi connectivity index (χ3n) is 3.28. The Morgan fingerprint density at radius 1 is 1.18 bits per heavy atom. The topological polar surface area (TPSA) is 3.24 Å². The van der Waals surface area contributed by atoms with E-state index in [0.29, 0.717) is 6.04 Å². The van der Waals surface area contributed by atoms with Gasteiger partial charge in [0.05, 0.1) is 0 Å². The molecule has 1 aliphatic heterocycles. The number of hydrogen-bond acceptors (Lipinski definition) is 1. The van der Waals surface area contributed by atoms with E-state index in [0.717, 1.165) is 4.47 Å². The summed E-state index contributed by atoms with van der Waals surface area (Å²) in [7, 11) is 0. The summed E-state index contributed by atoms with van der Waals surface area (Å²) in [6.07, 6.45) is 6.21. The fourth-order valence-corrected chi connectivity index (χ4v) is 2.64. The summed E-state index contributed by atoms with van der Waals surface area (Å²) in [5.74, 6) is 0. The minimum absolute atomic E-state index is 0.608. The summed E-state index contributed by atoms with van der Waals surface area (Å²) in [6, 6.07) is 9.16. The van der Waals surface area contributed by atoms with Crippen LogP contribution in [-0.2, 0) is 0 Å². The molecule has 1 aromatic carbocycles. The highest BCUT2D eigenvalue weighted by Crippen LogP contribution is 2.25. The van der Waals surface area contributed by atoms with Gasteiger partial charge in [0.2, 0.25) is 0 Å². The summed E-state index contributed by atoms with van der Waals surface area (Å²) >= 11 is 3.47. The Hall–Kier alpha value is -0.760. The van der Waals surface area contributed by atoms with Crippen molar-refractivity contribution >= 4 is 22.0 Å². The first-order valence-electron chi connectivity index (χ1n) is 6.39. The van der Waals surface area contributed by atoms with Crippen LogP contribution in [0.4, 0.5) is 0 Å². The number of allylic oxidation sites excluding steroid dienone is 1. The van der Waals surface area contributed by atoms with Gasteiger partial charge in [-0.25, -0.2) is 0 Å². The maximum absolute atomic E-state index is 3.47. The molecule has 1 heterocycles. The minimum atomic E-state index is 0.608. The molecule has 1 fully saturated rings. The third kappa shape index (κ3) is 3.35. The Labute approximate surface area is 113 Å². The molecule has 1 nitrogen and oxygen atoms in total. The van der Waals surface area contributed by atoms with Crippen molar-refractivity contribution in [2.45, 2.75) is 39.2 Å². The predicted molar refractivity (Wildman–Crippen MR) is 77.8 cm³/mol. The van der Waals surface area contributed by atoms with Crippen molar-refractivity contribution in [3.05, 3.63) is 40.0 Å². The number of likely N-dealkylation sites (tertiary alicyclic amines) is 1. The van der Waals surface area contributed by atoms with Crippen LogP contribution in [0.15, 0.2) is 34.4 Å². The van der Waals surface area contributed by atoms with E-state index in [1.807, 2.05) is 0 Å². The molecule has 1 aromatic rings. The number of nitrogens with zero attached hydrogens (tertiary/aromatic N) is 1. The van der Waals surface area contributed by atoms with Crippen LogP contribution in [-0.4, -0.2) is 17.5 Å². The quantitative estimate of drug-likeness (QED) is 0.765. The first-order valence-corrected chi connectivity index (χ1v) is 7.19. The first kappa shape index (κ1) is 12.7. The Kier molecular flexibility index (Phi) is 4.27. The Bertz CT molecular complexity index is 392. The normalized spacial score (nSPS) is 19.1. The van der Waals surface area contributed by atoms with Gasteiger partial charge in [0.15, 0.2) is 0 Å². The average molecular weight is 294 g/mol. The Balaban J connectivity index is 2.20. The molecule has 0 amide bonds. The number of benzene rings is 1. The Morgan fingerprint density at radius 3 is 2.53 bits per heavy atom. The first-order chi connectivity index (χ1) is 8.16. The highest BCUT2D eigenvalue weighted by atomic mass is 79.9. The van der Waals surface area contributed by atoms with Gasteiger partial charge in [0.25, 0.3) is 0 Å². The third-order valence-corrected chi connectivity index (χ3v) is 3.81. The van der Waals surface area contributed by atoms with Gasteiger partial charge in [0.1, 0.15) is 0 Å². The minimum Gasteiger partial charge on any atom is -0.372 e. The molecule has 0 saturated carbocycles. The van der Waals surface area contributed by atoms with Crippen LogP contribution in [0.1, 0.15) is 38.7 Å². The van der Waals surface area contributed by atoms with Gasteiger partial charge < -0.3 is 4.90 Å². The van der Waals surface area contributed by atoms with Crippen molar-refractivity contribution in [1.82, 2.24) is 4.90 Å². The lowest BCUT2D eigenvalue weighted by molar-refractivity contribution is 0.244. The molecular weight excluding hydrogens is 274 g/mol. The molecule has 0 unspecified atom stereocenters. The molecule has 2 heteroatoms. The van der Waals surface area contributed by atoms with Crippen molar-refractivity contribution in [3.63, 3.8) is 0 Å². The summed E-state index contributed by atoms with van der Waals surface area (Å²) in [6.45, 7) is 5.77. The second-order valence-corrected chi connectivity index (χ2v) is 5.85. The van der Waals surface area contributed by atoms with Gasteiger partial charge in [-0.05, 0) is 56.9 Å². The summed E-state index contributed by atoms with van der Waals surface area (Å²) in [5.41, 5.74) is 2.80. The highest BCUT2D eigenvalue weighted by molar-refractivity contribution is 9.10. The van der Waals surface area contributed by atoms with Crippen LogP contribution in [0, 0.1) is 0 Å². The van der Waals surface area contributed by atoms with E-state index in [-0.39, 0.29) is 0 Å². The lowest BCUT2D eigenvalue weighted by Gasteiger charge is -2.35. The zero-order valence-corrected chi connectivity index (χ0v) is 12.2. The van der Waals surface area contributed by atoms with E-state index in [2.05, 4.69) is 65.0 Å². The van der Waals surface area contributed by atoms with Crippen molar-refractivity contribution in [2.24, 2.45) is 0 Å². The summed E-state index contributed by atoms with van der Waals surface area (Å²) in [4.78, 5) is 2.53. The zero-order chi connectivity index (χ0) is 12.3. The van der Waals surface area contributed by atoms with Crippen LogP contribution >= 0.6 is 15.9 Å². The molecule has 0 spiro atoms. The predicted octanol–water partition coefficient (Wildman–Crippen LogP) is 4.68. The van der Waals surface area contributed by atoms with Gasteiger partial charge in [-0.15, -0.1) is 0 Å². The molecule has 0 radical (unpaired) electrons. The van der Waals surface area contributed by atoms with Gasteiger partial charge in [-0.2, -0.15) is 0 Å². The molecule has 0 N–H and O–H groups in total. The van der Waals surface area contributed by atoms with E-state index in [9.17, 15) is 0 Å². The summed E-state index contributed by atoms with van der Waals surface area (Å²) in [5, 5.41) is 0. The van der Waals surface area contributed by atoms with Gasteiger partial charge in [-0.3, -0.25) is 0 Å². The fourth-order valence-electron chi connectivity index (χ4n) is 2.37. The average Bonchev–Trinajstić information content (AvgIpc) is 2.32. The number of rotatable bonds is 2. The largest absolute Gasteiger partial charge is 0.372 e. The van der Waals surface area contributed by atoms with Gasteiger partial charge >= 0.3 is 0 Å². The lowest BCUT2D eigenvalue weighted by Crippen LogP contribution is -2.33. The Morgan fingerprint density at radius 2 is 1.88 bits per heavy atom. The standard InChI is InChI=1S/C15H20BrN/c1-12(2)17-10-4-3-5-15(17)11-13-6-8-14(16)9-7-13/h6-9,11-12H,3-5,10H2,1-2H3. The number of piperidine rings is 1. The van der Waals surface area contributed by atoms with Crippen LogP contribution in [0.25, 0.3) is 6.08 Å². The maximum atomic E-state index is 3.47. The van der Waals surface area contributed by atoms with Crippen LogP contribution < -0.4 is 0 Å². The molecule has 92 valence electrons. The molecule has 2 rings (SSSR count). The second kappa shape index (κ2) is 5.72. The van der Waals surface area contributed by atoms with Gasteiger partial charge in [0, 0.05) is 22.8 Å². The van der Waals surface area contributed by atoms with Crippen LogP contribution in [0.2, 0.25) is 0 Å². The van der Waals surface area contributed by atoms with E-state index >= 15 is 0 Å². The zero-order valence-electron chi connectivity index (χ0n) is 10.6. The van der Waals surface area contributed by atoms with Crippen LogP contribution in [0.3, 0.4) is 0 Å². The van der Waals surface area contributed by atoms with Crippen LogP contribution in [0.5, 0.6) is 0 Å². The van der Waals surface area contributed by atoms with Crippen molar-refractivity contribution in [2.75, 3.05) is 6.54 Å². The molecule has 0 aromatic heterocycles.